The number of carboxylic acid groups (broad SMARTS) is 1. The Kier molecular flexibility index (Phi) is 4.75. The van der Waals surface area contributed by atoms with Crippen molar-refractivity contribution in [1.82, 2.24) is 14.9 Å². The summed E-state index contributed by atoms with van der Waals surface area (Å²) in [6, 6.07) is -0.735. The summed E-state index contributed by atoms with van der Waals surface area (Å²) in [5.41, 5.74) is 0.233. The van der Waals surface area contributed by atoms with Crippen molar-refractivity contribution in [2.45, 2.75) is 45.8 Å². The van der Waals surface area contributed by atoms with E-state index < -0.39 is 23.7 Å². The van der Waals surface area contributed by atoms with Crippen molar-refractivity contribution in [2.24, 2.45) is 7.05 Å². The second kappa shape index (κ2) is 5.94. The topological polar surface area (TPSA) is 93.4 Å². The number of aryl methyl sites for hydroxylation is 1. The molecular formula is C13H21N3O4. The Balaban J connectivity index is 2.88. The van der Waals surface area contributed by atoms with E-state index in [2.05, 4.69) is 10.3 Å². The first-order valence-corrected chi connectivity index (χ1v) is 6.29. The van der Waals surface area contributed by atoms with Crippen molar-refractivity contribution in [2.75, 3.05) is 0 Å². The number of ether oxygens (including phenoxy) is 1. The maximum Gasteiger partial charge on any atom is 0.408 e. The molecule has 0 aliphatic rings. The molecule has 2 N–H and O–H groups in total. The van der Waals surface area contributed by atoms with Gasteiger partial charge in [0, 0.05) is 18.9 Å². The molecule has 1 amide bonds. The lowest BCUT2D eigenvalue weighted by Gasteiger charge is -2.23. The molecule has 112 valence electrons. The van der Waals surface area contributed by atoms with Gasteiger partial charge in [-0.2, -0.15) is 0 Å². The van der Waals surface area contributed by atoms with Crippen LogP contribution in [0.3, 0.4) is 0 Å². The molecule has 1 rings (SSSR count). The minimum absolute atomic E-state index is 0.260. The van der Waals surface area contributed by atoms with Crippen LogP contribution in [0.15, 0.2) is 6.20 Å². The van der Waals surface area contributed by atoms with Gasteiger partial charge in [-0.05, 0) is 27.7 Å². The second-order valence-corrected chi connectivity index (χ2v) is 5.61. The molecule has 20 heavy (non-hydrogen) atoms. The maximum absolute atomic E-state index is 11.8. The summed E-state index contributed by atoms with van der Waals surface area (Å²) in [5.74, 6) is -0.539. The molecule has 1 atom stereocenters. The van der Waals surface area contributed by atoms with Crippen LogP contribution in [-0.2, 0) is 16.6 Å². The van der Waals surface area contributed by atoms with E-state index in [0.29, 0.717) is 5.82 Å². The highest BCUT2D eigenvalue weighted by atomic mass is 16.6. The average Bonchev–Trinajstić information content (AvgIpc) is 2.55. The lowest BCUT2D eigenvalue weighted by molar-refractivity contribution is -0.137. The zero-order chi connectivity index (χ0) is 15.5. The Morgan fingerprint density at radius 2 is 2.10 bits per heavy atom. The highest BCUT2D eigenvalue weighted by Crippen LogP contribution is 2.17. The third-order valence-corrected chi connectivity index (χ3v) is 2.64. The minimum Gasteiger partial charge on any atom is -0.481 e. The van der Waals surface area contributed by atoms with E-state index in [-0.39, 0.29) is 6.42 Å². The van der Waals surface area contributed by atoms with Gasteiger partial charge in [-0.15, -0.1) is 0 Å². The van der Waals surface area contributed by atoms with Crippen LogP contribution in [0.2, 0.25) is 0 Å². The van der Waals surface area contributed by atoms with Crippen molar-refractivity contribution in [1.29, 1.82) is 0 Å². The molecule has 0 aliphatic heterocycles. The Bertz CT molecular complexity index is 502. The number of carboxylic acids is 1. The Morgan fingerprint density at radius 1 is 1.50 bits per heavy atom. The molecular weight excluding hydrogens is 262 g/mol. The standard InChI is InChI=1S/C13H21N3O4/c1-8-7-14-11(16(8)5)9(6-10(17)18)15-12(19)20-13(2,3)4/h7,9H,6H2,1-5H3,(H,15,19)(H,17,18)/t9-/m0/s1. The molecule has 0 aromatic carbocycles. The number of hydrogen-bond acceptors (Lipinski definition) is 4. The summed E-state index contributed by atoms with van der Waals surface area (Å²) in [7, 11) is 1.77. The van der Waals surface area contributed by atoms with Gasteiger partial charge < -0.3 is 19.7 Å². The van der Waals surface area contributed by atoms with Gasteiger partial charge in [0.05, 0.1) is 6.42 Å². The van der Waals surface area contributed by atoms with Crippen LogP contribution in [-0.4, -0.2) is 32.3 Å². The first kappa shape index (κ1) is 16.0. The number of carbonyl (C=O) groups excluding carboxylic acids is 1. The van der Waals surface area contributed by atoms with Crippen molar-refractivity contribution in [3.63, 3.8) is 0 Å². The highest BCUT2D eigenvalue weighted by Gasteiger charge is 2.25. The maximum atomic E-state index is 11.8. The third kappa shape index (κ3) is 4.56. The van der Waals surface area contributed by atoms with Gasteiger partial charge >= 0.3 is 12.1 Å². The van der Waals surface area contributed by atoms with E-state index in [0.717, 1.165) is 5.69 Å². The van der Waals surface area contributed by atoms with Gasteiger partial charge in [-0.1, -0.05) is 0 Å². The molecule has 0 aliphatic carbocycles. The Hall–Kier alpha value is -2.05. The number of nitrogens with one attached hydrogen (secondary N) is 1. The summed E-state index contributed by atoms with van der Waals surface area (Å²) in [5, 5.41) is 11.5. The fraction of sp³-hybridized carbons (Fsp3) is 0.615. The van der Waals surface area contributed by atoms with Gasteiger partial charge in [0.2, 0.25) is 0 Å². The number of aromatic nitrogens is 2. The SMILES string of the molecule is Cc1cnc([C@H](CC(=O)O)NC(=O)OC(C)(C)C)n1C. The number of carbonyl (C=O) groups is 2. The first-order valence-electron chi connectivity index (χ1n) is 6.29. The fourth-order valence-electron chi connectivity index (χ4n) is 1.67. The zero-order valence-electron chi connectivity index (χ0n) is 12.4. The summed E-state index contributed by atoms with van der Waals surface area (Å²) >= 11 is 0. The lowest BCUT2D eigenvalue weighted by atomic mass is 10.2. The highest BCUT2D eigenvalue weighted by molar-refractivity contribution is 5.71. The molecule has 7 nitrogen and oxygen atoms in total. The number of hydrogen-bond donors (Lipinski definition) is 2. The quantitative estimate of drug-likeness (QED) is 0.878. The molecule has 0 saturated heterocycles. The van der Waals surface area contributed by atoms with E-state index in [1.54, 1.807) is 38.6 Å². The smallest absolute Gasteiger partial charge is 0.408 e. The van der Waals surface area contributed by atoms with Crippen molar-refractivity contribution < 1.29 is 19.4 Å². The van der Waals surface area contributed by atoms with E-state index in [1.165, 1.54) is 0 Å². The molecule has 0 saturated carbocycles. The summed E-state index contributed by atoms with van der Waals surface area (Å²) in [6.45, 7) is 7.07. The second-order valence-electron chi connectivity index (χ2n) is 5.61. The number of rotatable bonds is 4. The van der Waals surface area contributed by atoms with Crippen LogP contribution in [0.5, 0.6) is 0 Å². The van der Waals surface area contributed by atoms with Gasteiger partial charge in [-0.3, -0.25) is 4.79 Å². The summed E-state index contributed by atoms with van der Waals surface area (Å²) < 4.78 is 6.88. The van der Waals surface area contributed by atoms with E-state index >= 15 is 0 Å². The van der Waals surface area contributed by atoms with Crippen molar-refractivity contribution >= 4 is 12.1 Å². The normalized spacial score (nSPS) is 12.8. The van der Waals surface area contributed by atoms with Crippen LogP contribution >= 0.6 is 0 Å². The molecule has 1 aromatic heterocycles. The number of aliphatic carboxylic acids is 1. The average molecular weight is 283 g/mol. The molecule has 0 unspecified atom stereocenters. The molecule has 0 radical (unpaired) electrons. The number of amides is 1. The molecule has 0 fully saturated rings. The number of alkyl carbamates (subject to hydrolysis) is 1. The molecule has 0 spiro atoms. The van der Waals surface area contributed by atoms with Gasteiger partial charge in [0.15, 0.2) is 0 Å². The summed E-state index contributed by atoms with van der Waals surface area (Å²) in [4.78, 5) is 26.9. The van der Waals surface area contributed by atoms with Crippen molar-refractivity contribution in [3.05, 3.63) is 17.7 Å². The Morgan fingerprint density at radius 3 is 2.50 bits per heavy atom. The van der Waals surface area contributed by atoms with Crippen LogP contribution in [0.4, 0.5) is 4.79 Å². The van der Waals surface area contributed by atoms with E-state index in [9.17, 15) is 9.59 Å². The van der Waals surface area contributed by atoms with Crippen LogP contribution < -0.4 is 5.32 Å². The molecule has 7 heteroatoms. The zero-order valence-corrected chi connectivity index (χ0v) is 12.4. The molecule has 1 heterocycles. The van der Waals surface area contributed by atoms with Crippen LogP contribution in [0, 0.1) is 6.92 Å². The van der Waals surface area contributed by atoms with Gasteiger partial charge in [0.1, 0.15) is 17.5 Å². The van der Waals surface area contributed by atoms with Gasteiger partial charge in [-0.25, -0.2) is 9.78 Å². The third-order valence-electron chi connectivity index (χ3n) is 2.64. The molecule has 0 bridgehead atoms. The van der Waals surface area contributed by atoms with Crippen LogP contribution in [0.1, 0.15) is 44.8 Å². The summed E-state index contributed by atoms with van der Waals surface area (Å²) in [6.07, 6.45) is 0.703. The number of nitrogens with zero attached hydrogens (tertiary/aromatic N) is 2. The fourth-order valence-corrected chi connectivity index (χ4v) is 1.67. The van der Waals surface area contributed by atoms with Gasteiger partial charge in [0.25, 0.3) is 0 Å². The first-order chi connectivity index (χ1) is 9.10. The predicted octanol–water partition coefficient (Wildman–Crippen LogP) is 1.77. The predicted molar refractivity (Wildman–Crippen MR) is 72.3 cm³/mol. The molecule has 1 aromatic rings. The number of imidazole rings is 1. The van der Waals surface area contributed by atoms with E-state index in [4.69, 9.17) is 9.84 Å². The largest absolute Gasteiger partial charge is 0.481 e. The van der Waals surface area contributed by atoms with E-state index in [1.807, 2.05) is 6.92 Å². The lowest BCUT2D eigenvalue weighted by Crippen LogP contribution is -2.36. The van der Waals surface area contributed by atoms with Crippen molar-refractivity contribution in [3.8, 4) is 0 Å². The Labute approximate surface area is 118 Å². The minimum atomic E-state index is -1.02. The van der Waals surface area contributed by atoms with Crippen LogP contribution in [0.25, 0.3) is 0 Å². The monoisotopic (exact) mass is 283 g/mol.